The Balaban J connectivity index is 1.88. The number of ether oxygens (including phenoxy) is 1. The number of hydrogen-bond acceptors (Lipinski definition) is 2. The Hall–Kier alpha value is -1.74. The molecule has 136 valence electrons. The molecule has 0 aliphatic heterocycles. The topological polar surface area (TPSA) is 21.3 Å². The van der Waals surface area contributed by atoms with Gasteiger partial charge in [0.05, 0.1) is 0 Å². The van der Waals surface area contributed by atoms with Crippen LogP contribution in [0.15, 0.2) is 54.6 Å². The number of rotatable bonds is 7. The molecule has 0 aromatic heterocycles. The zero-order valence-electron chi connectivity index (χ0n) is 15.1. The Morgan fingerprint density at radius 2 is 1.85 bits per heavy atom. The van der Waals surface area contributed by atoms with Crippen molar-refractivity contribution in [1.82, 2.24) is 5.32 Å². The van der Waals surface area contributed by atoms with Crippen LogP contribution >= 0.6 is 23.2 Å². The van der Waals surface area contributed by atoms with Crippen molar-refractivity contribution < 1.29 is 4.74 Å². The van der Waals surface area contributed by atoms with Crippen molar-refractivity contribution in [2.45, 2.75) is 39.5 Å². The molecular weight excluding hydrogens is 365 g/mol. The van der Waals surface area contributed by atoms with Crippen molar-refractivity contribution in [2.24, 2.45) is 0 Å². The summed E-state index contributed by atoms with van der Waals surface area (Å²) >= 11 is 12.3. The van der Waals surface area contributed by atoms with Gasteiger partial charge in [-0.3, -0.25) is 0 Å². The zero-order chi connectivity index (χ0) is 18.5. The van der Waals surface area contributed by atoms with Gasteiger partial charge in [-0.2, -0.15) is 0 Å². The second-order valence-corrected chi connectivity index (χ2v) is 7.32. The molecule has 0 spiro atoms. The highest BCUT2D eigenvalue weighted by Gasteiger charge is 2.11. The lowest BCUT2D eigenvalue weighted by Crippen LogP contribution is -2.24. The van der Waals surface area contributed by atoms with Crippen LogP contribution in [0, 0.1) is 0 Å². The van der Waals surface area contributed by atoms with Gasteiger partial charge >= 0.3 is 0 Å². The van der Waals surface area contributed by atoms with Crippen molar-refractivity contribution in [3.8, 4) is 5.75 Å². The lowest BCUT2D eigenvalue weighted by atomic mass is 10.0. The third-order valence-corrected chi connectivity index (χ3v) is 5.22. The van der Waals surface area contributed by atoms with E-state index in [1.807, 2.05) is 18.2 Å². The molecule has 0 radical (unpaired) electrons. The lowest BCUT2D eigenvalue weighted by Gasteiger charge is -2.17. The zero-order valence-corrected chi connectivity index (χ0v) is 16.6. The van der Waals surface area contributed by atoms with Crippen molar-refractivity contribution in [3.05, 3.63) is 75.8 Å². The molecule has 3 rings (SSSR count). The first-order valence-electron chi connectivity index (χ1n) is 8.89. The fourth-order valence-corrected chi connectivity index (χ4v) is 3.31. The Morgan fingerprint density at radius 3 is 2.62 bits per heavy atom. The fraction of sp³-hybridized carbons (Fsp3) is 0.273. The van der Waals surface area contributed by atoms with Crippen LogP contribution < -0.4 is 10.1 Å². The van der Waals surface area contributed by atoms with Crippen LogP contribution in [-0.4, -0.2) is 6.04 Å². The highest BCUT2D eigenvalue weighted by atomic mass is 35.5. The molecule has 0 saturated heterocycles. The minimum absolute atomic E-state index is 0.407. The van der Waals surface area contributed by atoms with E-state index in [2.05, 4.69) is 49.5 Å². The van der Waals surface area contributed by atoms with Gasteiger partial charge in [-0.1, -0.05) is 66.5 Å². The molecule has 3 aromatic rings. The molecule has 26 heavy (non-hydrogen) atoms. The SMILES string of the molecule is CCC(C)NCc1c(OCc2ccc(Cl)cc2Cl)ccc2ccccc12. The van der Waals surface area contributed by atoms with Crippen LogP contribution in [0.5, 0.6) is 5.75 Å². The van der Waals surface area contributed by atoms with Crippen LogP contribution in [0.1, 0.15) is 31.4 Å². The van der Waals surface area contributed by atoms with E-state index in [0.29, 0.717) is 22.7 Å². The summed E-state index contributed by atoms with van der Waals surface area (Å²) in [6, 6.07) is 18.5. The van der Waals surface area contributed by atoms with E-state index in [4.69, 9.17) is 27.9 Å². The third-order valence-electron chi connectivity index (χ3n) is 4.64. The molecule has 0 saturated carbocycles. The normalized spacial score (nSPS) is 12.3. The van der Waals surface area contributed by atoms with Gasteiger partial charge in [0.25, 0.3) is 0 Å². The van der Waals surface area contributed by atoms with E-state index < -0.39 is 0 Å². The second-order valence-electron chi connectivity index (χ2n) is 6.48. The minimum atomic E-state index is 0.407. The number of nitrogens with one attached hydrogen (secondary N) is 1. The summed E-state index contributed by atoms with van der Waals surface area (Å²) < 4.78 is 6.15. The molecular formula is C22H23Cl2NO. The quantitative estimate of drug-likeness (QED) is 0.491. The van der Waals surface area contributed by atoms with E-state index in [-0.39, 0.29) is 0 Å². The molecule has 0 fully saturated rings. The number of halogens is 2. The minimum Gasteiger partial charge on any atom is -0.488 e. The highest BCUT2D eigenvalue weighted by molar-refractivity contribution is 6.35. The highest BCUT2D eigenvalue weighted by Crippen LogP contribution is 2.30. The Morgan fingerprint density at radius 1 is 1.04 bits per heavy atom. The van der Waals surface area contributed by atoms with Gasteiger partial charge < -0.3 is 10.1 Å². The van der Waals surface area contributed by atoms with Crippen LogP contribution in [0.25, 0.3) is 10.8 Å². The fourth-order valence-electron chi connectivity index (χ4n) is 2.85. The van der Waals surface area contributed by atoms with Crippen LogP contribution in [0.3, 0.4) is 0 Å². The second kappa shape index (κ2) is 8.77. The van der Waals surface area contributed by atoms with Gasteiger partial charge in [-0.15, -0.1) is 0 Å². The molecule has 1 N–H and O–H groups in total. The van der Waals surface area contributed by atoms with E-state index in [9.17, 15) is 0 Å². The summed E-state index contributed by atoms with van der Waals surface area (Å²) in [5.74, 6) is 0.880. The average Bonchev–Trinajstić information content (AvgIpc) is 2.65. The molecule has 1 atom stereocenters. The first-order chi connectivity index (χ1) is 12.6. The van der Waals surface area contributed by atoms with Crippen LogP contribution in [0.2, 0.25) is 10.0 Å². The molecule has 3 aromatic carbocycles. The predicted molar refractivity (Wildman–Crippen MR) is 111 cm³/mol. The van der Waals surface area contributed by atoms with Crippen molar-refractivity contribution in [2.75, 3.05) is 0 Å². The summed E-state index contributed by atoms with van der Waals surface area (Å²) in [5.41, 5.74) is 2.10. The smallest absolute Gasteiger partial charge is 0.124 e. The standard InChI is InChI=1S/C22H23Cl2NO/c1-3-15(2)25-13-20-19-7-5-4-6-16(19)9-11-22(20)26-14-17-8-10-18(23)12-21(17)24/h4-12,15,25H,3,13-14H2,1-2H3. The third kappa shape index (κ3) is 4.50. The molecule has 2 nitrogen and oxygen atoms in total. The molecule has 0 heterocycles. The van der Waals surface area contributed by atoms with Crippen molar-refractivity contribution in [3.63, 3.8) is 0 Å². The lowest BCUT2D eigenvalue weighted by molar-refractivity contribution is 0.302. The Kier molecular flexibility index (Phi) is 6.42. The van der Waals surface area contributed by atoms with Gasteiger partial charge in [-0.25, -0.2) is 0 Å². The van der Waals surface area contributed by atoms with E-state index in [1.54, 1.807) is 6.07 Å². The maximum atomic E-state index is 6.28. The first kappa shape index (κ1) is 19.0. The van der Waals surface area contributed by atoms with Gasteiger partial charge in [0.15, 0.2) is 0 Å². The summed E-state index contributed by atoms with van der Waals surface area (Å²) in [4.78, 5) is 0. The molecule has 1 unspecified atom stereocenters. The van der Waals surface area contributed by atoms with Gasteiger partial charge in [0.1, 0.15) is 12.4 Å². The van der Waals surface area contributed by atoms with Crippen LogP contribution in [0.4, 0.5) is 0 Å². The molecule has 0 amide bonds. The van der Waals surface area contributed by atoms with E-state index in [0.717, 1.165) is 24.3 Å². The predicted octanol–water partition coefficient (Wildman–Crippen LogP) is 6.61. The summed E-state index contributed by atoms with van der Waals surface area (Å²) in [6.07, 6.45) is 1.08. The molecule has 0 bridgehead atoms. The number of benzene rings is 3. The average molecular weight is 388 g/mol. The number of hydrogen-bond donors (Lipinski definition) is 1. The maximum absolute atomic E-state index is 6.28. The molecule has 0 aliphatic carbocycles. The largest absolute Gasteiger partial charge is 0.488 e. The molecule has 4 heteroatoms. The maximum Gasteiger partial charge on any atom is 0.124 e. The summed E-state index contributed by atoms with van der Waals surface area (Å²) in [6.45, 7) is 5.55. The van der Waals surface area contributed by atoms with E-state index >= 15 is 0 Å². The molecule has 0 aliphatic rings. The summed E-state index contributed by atoms with van der Waals surface area (Å²) in [7, 11) is 0. The summed E-state index contributed by atoms with van der Waals surface area (Å²) in [5, 5.41) is 7.25. The van der Waals surface area contributed by atoms with Crippen LogP contribution in [-0.2, 0) is 13.2 Å². The van der Waals surface area contributed by atoms with Gasteiger partial charge in [0.2, 0.25) is 0 Å². The van der Waals surface area contributed by atoms with Gasteiger partial charge in [-0.05, 0) is 42.3 Å². The van der Waals surface area contributed by atoms with Crippen molar-refractivity contribution >= 4 is 34.0 Å². The Bertz CT molecular complexity index is 894. The Labute approximate surface area is 165 Å². The first-order valence-corrected chi connectivity index (χ1v) is 9.64. The van der Waals surface area contributed by atoms with Crippen molar-refractivity contribution in [1.29, 1.82) is 0 Å². The monoisotopic (exact) mass is 387 g/mol. The van der Waals surface area contributed by atoms with E-state index in [1.165, 1.54) is 16.3 Å². The van der Waals surface area contributed by atoms with Gasteiger partial charge in [0, 0.05) is 33.8 Å². The number of fused-ring (bicyclic) bond motifs is 1.